The molecule has 3 heterocycles. The Bertz CT molecular complexity index is 630. The number of nitrogens with zero attached hydrogens (tertiary/aromatic N) is 2. The largest absolute Gasteiger partial charge is 0.484 e. The molecule has 1 spiro atoms. The van der Waals surface area contributed by atoms with E-state index in [1.54, 1.807) is 0 Å². The molecule has 1 N–H and O–H groups in total. The Morgan fingerprint density at radius 1 is 1.09 bits per heavy atom. The van der Waals surface area contributed by atoms with Crippen LogP contribution in [0.1, 0.15) is 24.4 Å². The molecule has 0 aliphatic carbocycles. The molecule has 0 amide bonds. The fourth-order valence-corrected chi connectivity index (χ4v) is 3.98. The van der Waals surface area contributed by atoms with Crippen LogP contribution in [-0.2, 0) is 0 Å². The molecular formula is C18H22N2O2. The van der Waals surface area contributed by atoms with Gasteiger partial charge in [0.1, 0.15) is 17.4 Å². The third-order valence-electron chi connectivity index (χ3n) is 5.07. The van der Waals surface area contributed by atoms with Crippen LogP contribution in [-0.4, -0.2) is 46.4 Å². The summed E-state index contributed by atoms with van der Waals surface area (Å²) in [6.45, 7) is 2.95. The molecular weight excluding hydrogens is 276 g/mol. The number of para-hydroxylation sites is 1. The van der Waals surface area contributed by atoms with Gasteiger partial charge in [-0.05, 0) is 18.2 Å². The van der Waals surface area contributed by atoms with Crippen LogP contribution in [0, 0.1) is 0 Å². The Balaban J connectivity index is 1.68. The van der Waals surface area contributed by atoms with Gasteiger partial charge in [0.05, 0.1) is 6.61 Å². The summed E-state index contributed by atoms with van der Waals surface area (Å²) in [5, 5.41) is 9.14. The third-order valence-corrected chi connectivity index (χ3v) is 5.07. The zero-order valence-corrected chi connectivity index (χ0v) is 12.7. The average Bonchev–Trinajstić information content (AvgIpc) is 3.15. The Labute approximate surface area is 130 Å². The van der Waals surface area contributed by atoms with E-state index >= 15 is 0 Å². The van der Waals surface area contributed by atoms with Crippen molar-refractivity contribution in [2.75, 3.05) is 26.2 Å². The maximum absolute atomic E-state index is 9.14. The van der Waals surface area contributed by atoms with Crippen molar-refractivity contribution in [3.8, 4) is 5.75 Å². The molecule has 1 saturated heterocycles. The highest BCUT2D eigenvalue weighted by Gasteiger charge is 2.50. The summed E-state index contributed by atoms with van der Waals surface area (Å²) in [5.74, 6) is 1.02. The first-order chi connectivity index (χ1) is 10.8. The molecule has 4 heteroatoms. The van der Waals surface area contributed by atoms with E-state index in [0.29, 0.717) is 0 Å². The van der Waals surface area contributed by atoms with E-state index in [4.69, 9.17) is 9.84 Å². The van der Waals surface area contributed by atoms with Gasteiger partial charge in [0, 0.05) is 50.4 Å². The van der Waals surface area contributed by atoms with Crippen molar-refractivity contribution < 1.29 is 9.84 Å². The van der Waals surface area contributed by atoms with Crippen molar-refractivity contribution in [3.63, 3.8) is 0 Å². The van der Waals surface area contributed by atoms with Gasteiger partial charge in [-0.2, -0.15) is 0 Å². The zero-order valence-electron chi connectivity index (χ0n) is 12.7. The van der Waals surface area contributed by atoms with Gasteiger partial charge in [0.15, 0.2) is 0 Å². The number of aromatic nitrogens is 1. The molecule has 22 heavy (non-hydrogen) atoms. The van der Waals surface area contributed by atoms with Gasteiger partial charge in [-0.3, -0.25) is 0 Å². The van der Waals surface area contributed by atoms with Crippen LogP contribution >= 0.6 is 0 Å². The standard InChI is InChI=1S/C18H22N2O2/c21-14-13-19-11-7-18(8-12-19)17(20-9-3-4-10-20)15-5-1-2-6-16(15)22-18/h1-6,9-10,17,21H,7-8,11-14H2/t17-/m1/s1. The first kappa shape index (κ1) is 13.9. The van der Waals surface area contributed by atoms with Crippen molar-refractivity contribution in [1.29, 1.82) is 0 Å². The lowest BCUT2D eigenvalue weighted by Gasteiger charge is -2.42. The molecule has 0 bridgehead atoms. The lowest BCUT2D eigenvalue weighted by Crippen LogP contribution is -2.51. The van der Waals surface area contributed by atoms with Gasteiger partial charge in [-0.15, -0.1) is 0 Å². The molecule has 0 saturated carbocycles. The van der Waals surface area contributed by atoms with Crippen molar-refractivity contribution in [2.45, 2.75) is 24.5 Å². The van der Waals surface area contributed by atoms with E-state index in [2.05, 4.69) is 52.2 Å². The smallest absolute Gasteiger partial charge is 0.136 e. The number of ether oxygens (including phenoxy) is 1. The average molecular weight is 298 g/mol. The van der Waals surface area contributed by atoms with E-state index in [0.717, 1.165) is 38.2 Å². The van der Waals surface area contributed by atoms with Gasteiger partial charge in [-0.1, -0.05) is 18.2 Å². The second-order valence-electron chi connectivity index (χ2n) is 6.30. The van der Waals surface area contributed by atoms with E-state index in [1.165, 1.54) is 5.56 Å². The second-order valence-corrected chi connectivity index (χ2v) is 6.30. The number of rotatable bonds is 3. The summed E-state index contributed by atoms with van der Waals surface area (Å²) in [4.78, 5) is 2.32. The van der Waals surface area contributed by atoms with E-state index in [9.17, 15) is 0 Å². The molecule has 4 nitrogen and oxygen atoms in total. The van der Waals surface area contributed by atoms with Gasteiger partial charge in [-0.25, -0.2) is 0 Å². The number of fused-ring (bicyclic) bond motifs is 1. The maximum atomic E-state index is 9.14. The third kappa shape index (κ3) is 2.14. The molecule has 1 aromatic heterocycles. The predicted molar refractivity (Wildman–Crippen MR) is 85.1 cm³/mol. The van der Waals surface area contributed by atoms with Gasteiger partial charge >= 0.3 is 0 Å². The first-order valence-electron chi connectivity index (χ1n) is 8.06. The first-order valence-corrected chi connectivity index (χ1v) is 8.06. The predicted octanol–water partition coefficient (Wildman–Crippen LogP) is 2.30. The highest BCUT2D eigenvalue weighted by atomic mass is 16.5. The number of piperidine rings is 1. The number of likely N-dealkylation sites (tertiary alicyclic amines) is 1. The number of β-amino-alcohol motifs (C(OH)–C–C–N with tert-alkyl or cyclic N) is 1. The maximum Gasteiger partial charge on any atom is 0.136 e. The van der Waals surface area contributed by atoms with Crippen LogP contribution in [0.2, 0.25) is 0 Å². The Morgan fingerprint density at radius 3 is 2.55 bits per heavy atom. The lowest BCUT2D eigenvalue weighted by atomic mass is 9.82. The molecule has 4 rings (SSSR count). The molecule has 1 atom stereocenters. The van der Waals surface area contributed by atoms with Gasteiger partial charge in [0.2, 0.25) is 0 Å². The number of aliphatic hydroxyl groups excluding tert-OH is 1. The minimum absolute atomic E-state index is 0.158. The fourth-order valence-electron chi connectivity index (χ4n) is 3.98. The molecule has 2 aliphatic heterocycles. The minimum Gasteiger partial charge on any atom is -0.484 e. The summed E-state index contributed by atoms with van der Waals surface area (Å²) < 4.78 is 8.77. The second kappa shape index (κ2) is 5.45. The fraction of sp³-hybridized carbons (Fsp3) is 0.444. The number of hydrogen-bond donors (Lipinski definition) is 1. The molecule has 0 unspecified atom stereocenters. The van der Waals surface area contributed by atoms with E-state index in [-0.39, 0.29) is 18.2 Å². The molecule has 116 valence electrons. The van der Waals surface area contributed by atoms with E-state index < -0.39 is 0 Å². The molecule has 1 aromatic carbocycles. The number of aliphatic hydroxyl groups is 1. The number of benzene rings is 1. The van der Waals surface area contributed by atoms with Gasteiger partial charge in [0.25, 0.3) is 0 Å². The summed E-state index contributed by atoms with van der Waals surface area (Å²) >= 11 is 0. The van der Waals surface area contributed by atoms with Crippen molar-refractivity contribution in [3.05, 3.63) is 54.4 Å². The summed E-state index contributed by atoms with van der Waals surface area (Å²) in [6.07, 6.45) is 6.25. The Kier molecular flexibility index (Phi) is 3.43. The topological polar surface area (TPSA) is 37.6 Å². The van der Waals surface area contributed by atoms with Crippen LogP contribution in [0.3, 0.4) is 0 Å². The van der Waals surface area contributed by atoms with Crippen LogP contribution in [0.15, 0.2) is 48.8 Å². The van der Waals surface area contributed by atoms with Crippen LogP contribution in [0.4, 0.5) is 0 Å². The van der Waals surface area contributed by atoms with Crippen molar-refractivity contribution in [2.24, 2.45) is 0 Å². The highest BCUT2D eigenvalue weighted by molar-refractivity contribution is 5.43. The summed E-state index contributed by atoms with van der Waals surface area (Å²) in [6, 6.07) is 12.8. The summed E-state index contributed by atoms with van der Waals surface area (Å²) in [5.41, 5.74) is 1.13. The SMILES string of the molecule is OCCN1CCC2(CC1)Oc1ccccc1[C@H]2n1cccc1. The zero-order chi connectivity index (χ0) is 15.0. The van der Waals surface area contributed by atoms with Crippen molar-refractivity contribution >= 4 is 0 Å². The van der Waals surface area contributed by atoms with Crippen molar-refractivity contribution in [1.82, 2.24) is 9.47 Å². The minimum atomic E-state index is -0.158. The molecule has 2 aromatic rings. The lowest BCUT2D eigenvalue weighted by molar-refractivity contribution is -0.0100. The molecule has 0 radical (unpaired) electrons. The van der Waals surface area contributed by atoms with E-state index in [1.807, 2.05) is 6.07 Å². The Morgan fingerprint density at radius 2 is 1.82 bits per heavy atom. The van der Waals surface area contributed by atoms with Crippen LogP contribution in [0.25, 0.3) is 0 Å². The highest BCUT2D eigenvalue weighted by Crippen LogP contribution is 2.50. The monoisotopic (exact) mass is 298 g/mol. The quantitative estimate of drug-likeness (QED) is 0.945. The molecule has 1 fully saturated rings. The number of hydrogen-bond acceptors (Lipinski definition) is 3. The molecule has 2 aliphatic rings. The summed E-state index contributed by atoms with van der Waals surface area (Å²) in [7, 11) is 0. The Hall–Kier alpha value is -1.78. The van der Waals surface area contributed by atoms with Gasteiger partial charge < -0.3 is 19.3 Å². The normalized spacial score (nSPS) is 23.4. The van der Waals surface area contributed by atoms with Crippen LogP contribution < -0.4 is 4.74 Å². The van der Waals surface area contributed by atoms with Crippen LogP contribution in [0.5, 0.6) is 5.75 Å².